The van der Waals surface area contributed by atoms with Crippen molar-refractivity contribution < 1.29 is 8.42 Å². The first-order chi connectivity index (χ1) is 8.51. The Labute approximate surface area is 112 Å². The van der Waals surface area contributed by atoms with Crippen molar-refractivity contribution in [3.63, 3.8) is 0 Å². The lowest BCUT2D eigenvalue weighted by Crippen LogP contribution is -2.46. The molecule has 1 fully saturated rings. The summed E-state index contributed by atoms with van der Waals surface area (Å²) in [5, 5.41) is 2.55. The number of rotatable bonds is 7. The Bertz CT molecular complexity index is 324. The molecule has 2 N–H and O–H groups in total. The number of hydrogen-bond acceptors (Lipinski definition) is 3. The zero-order chi connectivity index (χ0) is 13.6. The largest absolute Gasteiger partial charge is 0.318 e. The lowest BCUT2D eigenvalue weighted by Gasteiger charge is -2.31. The highest BCUT2D eigenvalue weighted by atomic mass is 32.2. The van der Waals surface area contributed by atoms with Crippen LogP contribution in [0.3, 0.4) is 0 Å². The maximum Gasteiger partial charge on any atom is 0.215 e. The smallest absolute Gasteiger partial charge is 0.215 e. The van der Waals surface area contributed by atoms with Crippen LogP contribution >= 0.6 is 0 Å². The molecule has 1 rings (SSSR count). The van der Waals surface area contributed by atoms with E-state index in [0.717, 1.165) is 6.42 Å². The molecule has 0 aromatic heterocycles. The van der Waals surface area contributed by atoms with Crippen LogP contribution < -0.4 is 10.0 Å². The Balaban J connectivity index is 2.61. The van der Waals surface area contributed by atoms with Crippen molar-refractivity contribution in [3.05, 3.63) is 0 Å². The molecule has 1 aliphatic rings. The van der Waals surface area contributed by atoms with E-state index < -0.39 is 10.0 Å². The Kier molecular flexibility index (Phi) is 6.60. The highest BCUT2D eigenvalue weighted by Gasteiger charge is 2.28. The molecule has 0 saturated heterocycles. The van der Waals surface area contributed by atoms with Crippen LogP contribution in [0.1, 0.15) is 52.4 Å². The molecule has 1 aliphatic carbocycles. The van der Waals surface area contributed by atoms with E-state index >= 15 is 0 Å². The molecular formula is C13H28N2O2S. The molecule has 0 aliphatic heterocycles. The van der Waals surface area contributed by atoms with E-state index in [1.54, 1.807) is 14.0 Å². The fourth-order valence-electron chi connectivity index (χ4n) is 2.77. The second-order valence-electron chi connectivity index (χ2n) is 5.44. The molecule has 0 aromatic rings. The fourth-order valence-corrected chi connectivity index (χ4v) is 4.17. The number of nitrogens with one attached hydrogen (secondary N) is 2. The van der Waals surface area contributed by atoms with Crippen molar-refractivity contribution in [3.8, 4) is 0 Å². The summed E-state index contributed by atoms with van der Waals surface area (Å²) in [6.45, 7) is 4.33. The second-order valence-corrected chi connectivity index (χ2v) is 7.57. The first-order valence-electron chi connectivity index (χ1n) is 7.17. The predicted octanol–water partition coefficient (Wildman–Crippen LogP) is 1.87. The van der Waals surface area contributed by atoms with Gasteiger partial charge in [0.15, 0.2) is 0 Å². The van der Waals surface area contributed by atoms with E-state index in [1.807, 2.05) is 0 Å². The van der Waals surface area contributed by atoms with Gasteiger partial charge in [-0.2, -0.15) is 0 Å². The van der Waals surface area contributed by atoms with Gasteiger partial charge in [-0.1, -0.05) is 26.2 Å². The van der Waals surface area contributed by atoms with Crippen molar-refractivity contribution >= 4 is 10.0 Å². The molecule has 4 nitrogen and oxygen atoms in total. The molecule has 5 heteroatoms. The quantitative estimate of drug-likeness (QED) is 0.746. The summed E-state index contributed by atoms with van der Waals surface area (Å²) in [4.78, 5) is 0. The average Bonchev–Trinajstić information content (AvgIpc) is 2.37. The molecule has 18 heavy (non-hydrogen) atoms. The molecule has 0 aromatic carbocycles. The van der Waals surface area contributed by atoms with Gasteiger partial charge in [-0.3, -0.25) is 0 Å². The molecule has 0 amide bonds. The number of sulfonamides is 1. The van der Waals surface area contributed by atoms with Crippen molar-refractivity contribution in [2.45, 2.75) is 63.7 Å². The minimum atomic E-state index is -3.20. The topological polar surface area (TPSA) is 58.2 Å². The van der Waals surface area contributed by atoms with Crippen molar-refractivity contribution in [2.75, 3.05) is 13.6 Å². The summed E-state index contributed by atoms with van der Waals surface area (Å²) in [6, 6.07) is 0.120. The number of hydrogen-bond donors (Lipinski definition) is 2. The highest BCUT2D eigenvalue weighted by Crippen LogP contribution is 2.28. The fraction of sp³-hybridized carbons (Fsp3) is 1.00. The summed E-state index contributed by atoms with van der Waals surface area (Å²) in [5.74, 6) is 0.528. The Morgan fingerprint density at radius 1 is 1.22 bits per heavy atom. The van der Waals surface area contributed by atoms with E-state index in [0.29, 0.717) is 12.5 Å². The van der Waals surface area contributed by atoms with E-state index in [4.69, 9.17) is 0 Å². The van der Waals surface area contributed by atoms with Gasteiger partial charge in [0.25, 0.3) is 0 Å². The van der Waals surface area contributed by atoms with Crippen molar-refractivity contribution in [2.24, 2.45) is 5.92 Å². The van der Waals surface area contributed by atoms with E-state index in [1.165, 1.54) is 32.1 Å². The van der Waals surface area contributed by atoms with Gasteiger partial charge >= 0.3 is 0 Å². The zero-order valence-corrected chi connectivity index (χ0v) is 12.7. The monoisotopic (exact) mass is 276 g/mol. The third-order valence-corrected chi connectivity index (χ3v) is 5.85. The molecule has 2 atom stereocenters. The summed E-state index contributed by atoms with van der Waals surface area (Å²) in [6.07, 6.45) is 7.01. The van der Waals surface area contributed by atoms with Crippen LogP contribution in [0.2, 0.25) is 0 Å². The van der Waals surface area contributed by atoms with Gasteiger partial charge in [-0.25, -0.2) is 13.1 Å². The lowest BCUT2D eigenvalue weighted by atomic mass is 9.83. The molecule has 0 bridgehead atoms. The molecule has 0 spiro atoms. The van der Waals surface area contributed by atoms with Crippen molar-refractivity contribution in [1.29, 1.82) is 0 Å². The standard InChI is InChI=1S/C13H28N2O2S/c1-4-13(12-8-6-5-7-9-12)15-18(16,17)11(2)10-14-3/h11-15H,4-10H2,1-3H3. The molecule has 0 heterocycles. The Morgan fingerprint density at radius 3 is 2.33 bits per heavy atom. The van der Waals surface area contributed by atoms with Gasteiger partial charge in [0.2, 0.25) is 10.0 Å². The first-order valence-corrected chi connectivity index (χ1v) is 8.71. The SMILES string of the molecule is CCC(NS(=O)(=O)C(C)CNC)C1CCCCC1. The zero-order valence-electron chi connectivity index (χ0n) is 11.9. The Hall–Kier alpha value is -0.130. The molecule has 2 unspecified atom stereocenters. The predicted molar refractivity (Wildman–Crippen MR) is 76.1 cm³/mol. The van der Waals surface area contributed by atoms with Crippen LogP contribution in [-0.4, -0.2) is 33.3 Å². The van der Waals surface area contributed by atoms with Crippen LogP contribution in [0.25, 0.3) is 0 Å². The summed E-state index contributed by atoms with van der Waals surface area (Å²) >= 11 is 0. The minimum absolute atomic E-state index is 0.120. The van der Waals surface area contributed by atoms with Gasteiger partial charge in [-0.15, -0.1) is 0 Å². The average molecular weight is 276 g/mol. The molecule has 1 saturated carbocycles. The van der Waals surface area contributed by atoms with Crippen LogP contribution in [0.4, 0.5) is 0 Å². The third-order valence-electron chi connectivity index (χ3n) is 4.00. The first kappa shape index (κ1) is 15.9. The minimum Gasteiger partial charge on any atom is -0.318 e. The maximum atomic E-state index is 12.2. The highest BCUT2D eigenvalue weighted by molar-refractivity contribution is 7.90. The van der Waals surface area contributed by atoms with Gasteiger partial charge in [0, 0.05) is 12.6 Å². The molecule has 0 radical (unpaired) electrons. The van der Waals surface area contributed by atoms with Crippen LogP contribution in [0.5, 0.6) is 0 Å². The summed E-state index contributed by atoms with van der Waals surface area (Å²) in [5.41, 5.74) is 0. The lowest BCUT2D eigenvalue weighted by molar-refractivity contribution is 0.285. The molecule has 108 valence electrons. The maximum absolute atomic E-state index is 12.2. The van der Waals surface area contributed by atoms with Crippen LogP contribution in [-0.2, 0) is 10.0 Å². The van der Waals surface area contributed by atoms with Gasteiger partial charge in [0.05, 0.1) is 5.25 Å². The van der Waals surface area contributed by atoms with Gasteiger partial charge in [0.1, 0.15) is 0 Å². The third kappa shape index (κ3) is 4.52. The normalized spacial score (nSPS) is 21.7. The second kappa shape index (κ2) is 7.46. The van der Waals surface area contributed by atoms with Gasteiger partial charge < -0.3 is 5.32 Å². The Morgan fingerprint density at radius 2 is 1.83 bits per heavy atom. The van der Waals surface area contributed by atoms with Gasteiger partial charge in [-0.05, 0) is 39.2 Å². The molecular weight excluding hydrogens is 248 g/mol. The van der Waals surface area contributed by atoms with E-state index in [-0.39, 0.29) is 11.3 Å². The van der Waals surface area contributed by atoms with Crippen LogP contribution in [0, 0.1) is 5.92 Å². The van der Waals surface area contributed by atoms with E-state index in [9.17, 15) is 8.42 Å². The summed E-state index contributed by atoms with van der Waals surface area (Å²) in [7, 11) is -1.41. The van der Waals surface area contributed by atoms with E-state index in [2.05, 4.69) is 17.0 Å². The van der Waals surface area contributed by atoms with Crippen molar-refractivity contribution in [1.82, 2.24) is 10.0 Å². The summed E-state index contributed by atoms with van der Waals surface area (Å²) < 4.78 is 27.3. The van der Waals surface area contributed by atoms with Crippen LogP contribution in [0.15, 0.2) is 0 Å².